The second kappa shape index (κ2) is 6.04. The monoisotopic (exact) mass is 265 g/mol. The molecule has 5 heteroatoms. The van der Waals surface area contributed by atoms with E-state index in [4.69, 9.17) is 0 Å². The summed E-state index contributed by atoms with van der Waals surface area (Å²) in [4.78, 5) is 13.4. The van der Waals surface area contributed by atoms with Crippen LogP contribution in [0.5, 0.6) is 0 Å². The number of rotatable bonds is 5. The van der Waals surface area contributed by atoms with E-state index in [1.165, 1.54) is 0 Å². The summed E-state index contributed by atoms with van der Waals surface area (Å²) < 4.78 is 38.4. The zero-order chi connectivity index (χ0) is 13.8. The number of hydrogen-bond donors (Lipinski definition) is 0. The fourth-order valence-corrected chi connectivity index (χ4v) is 2.82. The molecule has 0 aliphatic carbocycles. The maximum atomic E-state index is 12.8. The van der Waals surface area contributed by atoms with Gasteiger partial charge in [0.1, 0.15) is 0 Å². The van der Waals surface area contributed by atoms with Crippen LogP contribution >= 0.6 is 0 Å². The van der Waals surface area contributed by atoms with Crippen LogP contribution in [-0.2, 0) is 4.79 Å². The topological polar surface area (TPSA) is 20.3 Å². The minimum atomic E-state index is -4.72. The minimum Gasteiger partial charge on any atom is -0.294 e. The molecule has 0 saturated carbocycles. The third-order valence-electron chi connectivity index (χ3n) is 3.94. The molecule has 1 atom stereocenters. The van der Waals surface area contributed by atoms with E-state index in [2.05, 4.69) is 0 Å². The van der Waals surface area contributed by atoms with Gasteiger partial charge in [-0.1, -0.05) is 26.2 Å². The van der Waals surface area contributed by atoms with E-state index in [1.54, 1.807) is 11.9 Å². The number of likely N-dealkylation sites (tertiary alicyclic amines) is 1. The van der Waals surface area contributed by atoms with Crippen LogP contribution in [0.3, 0.4) is 0 Å². The highest BCUT2D eigenvalue weighted by atomic mass is 19.4. The second-order valence-electron chi connectivity index (χ2n) is 5.19. The van der Waals surface area contributed by atoms with Crippen LogP contribution in [0.25, 0.3) is 0 Å². The van der Waals surface area contributed by atoms with Crippen LogP contribution in [0.1, 0.15) is 51.9 Å². The van der Waals surface area contributed by atoms with E-state index in [0.29, 0.717) is 32.2 Å². The molecule has 2 nitrogen and oxygen atoms in total. The van der Waals surface area contributed by atoms with Crippen molar-refractivity contribution in [2.24, 2.45) is 0 Å². The predicted molar refractivity (Wildman–Crippen MR) is 64.4 cm³/mol. The molecule has 0 N–H and O–H groups in total. The highest BCUT2D eigenvalue weighted by Gasteiger charge is 2.54. The Labute approximate surface area is 107 Å². The Morgan fingerprint density at radius 1 is 1.28 bits per heavy atom. The first-order valence-corrected chi connectivity index (χ1v) is 6.67. The van der Waals surface area contributed by atoms with Crippen molar-refractivity contribution in [3.63, 3.8) is 0 Å². The molecule has 0 aromatic rings. The fourth-order valence-electron chi connectivity index (χ4n) is 2.82. The van der Waals surface area contributed by atoms with Gasteiger partial charge in [0.15, 0.2) is 0 Å². The van der Waals surface area contributed by atoms with Gasteiger partial charge in [0, 0.05) is 0 Å². The predicted octanol–water partition coefficient (Wildman–Crippen LogP) is 3.55. The van der Waals surface area contributed by atoms with Crippen LogP contribution in [0, 0.1) is 0 Å². The molecule has 1 heterocycles. The number of Topliss-reactive ketones (excluding diaryl/α,β-unsaturated/α-hetero) is 1. The van der Waals surface area contributed by atoms with E-state index >= 15 is 0 Å². The number of piperidine rings is 1. The van der Waals surface area contributed by atoms with Crippen molar-refractivity contribution in [2.75, 3.05) is 13.6 Å². The van der Waals surface area contributed by atoms with E-state index in [-0.39, 0.29) is 0 Å². The molecule has 0 aromatic carbocycles. The van der Waals surface area contributed by atoms with Gasteiger partial charge in [-0.3, -0.25) is 9.69 Å². The number of carbonyl (C=O) groups is 1. The molecular formula is C13H22F3NO. The molecule has 0 spiro atoms. The molecule has 0 aromatic heterocycles. The molecule has 1 saturated heterocycles. The molecule has 1 unspecified atom stereocenters. The van der Waals surface area contributed by atoms with Crippen molar-refractivity contribution < 1.29 is 18.0 Å². The summed E-state index contributed by atoms with van der Waals surface area (Å²) in [6, 6.07) is 0. The lowest BCUT2D eigenvalue weighted by Crippen LogP contribution is -2.59. The van der Waals surface area contributed by atoms with E-state index in [9.17, 15) is 18.0 Å². The van der Waals surface area contributed by atoms with Gasteiger partial charge in [-0.15, -0.1) is 0 Å². The molecule has 0 radical (unpaired) electrons. The summed E-state index contributed by atoms with van der Waals surface area (Å²) in [6.45, 7) is 2.58. The Balaban J connectivity index is 2.89. The highest BCUT2D eigenvalue weighted by Crippen LogP contribution is 2.38. The Morgan fingerprint density at radius 3 is 2.44 bits per heavy atom. The maximum Gasteiger partial charge on any atom is 0.451 e. The van der Waals surface area contributed by atoms with E-state index < -0.39 is 17.5 Å². The zero-order valence-corrected chi connectivity index (χ0v) is 11.1. The first-order chi connectivity index (χ1) is 8.34. The Kier molecular flexibility index (Phi) is 5.20. The smallest absolute Gasteiger partial charge is 0.294 e. The number of ketones is 1. The van der Waals surface area contributed by atoms with Gasteiger partial charge >= 0.3 is 6.18 Å². The lowest BCUT2D eigenvalue weighted by atomic mass is 9.78. The van der Waals surface area contributed by atoms with Gasteiger partial charge in [0.25, 0.3) is 5.78 Å². The van der Waals surface area contributed by atoms with E-state index in [1.807, 2.05) is 6.92 Å². The summed E-state index contributed by atoms with van der Waals surface area (Å²) in [6.07, 6.45) is 0.0257. The van der Waals surface area contributed by atoms with Gasteiger partial charge in [-0.05, 0) is 39.3 Å². The lowest BCUT2D eigenvalue weighted by Gasteiger charge is -2.44. The Hall–Kier alpha value is -0.580. The van der Waals surface area contributed by atoms with Gasteiger partial charge in [0.05, 0.1) is 5.54 Å². The first kappa shape index (κ1) is 15.5. The Morgan fingerprint density at radius 2 is 1.94 bits per heavy atom. The normalized spacial score (nSPS) is 26.3. The lowest BCUT2D eigenvalue weighted by molar-refractivity contribution is -0.186. The molecule has 0 bridgehead atoms. The summed E-state index contributed by atoms with van der Waals surface area (Å²) in [5.74, 6) is -1.55. The second-order valence-corrected chi connectivity index (χ2v) is 5.19. The van der Waals surface area contributed by atoms with E-state index in [0.717, 1.165) is 19.3 Å². The van der Waals surface area contributed by atoms with Crippen LogP contribution in [0.2, 0.25) is 0 Å². The molecule has 1 fully saturated rings. The van der Waals surface area contributed by atoms with Crippen LogP contribution in [0.15, 0.2) is 0 Å². The van der Waals surface area contributed by atoms with Crippen LogP contribution < -0.4 is 0 Å². The van der Waals surface area contributed by atoms with Crippen LogP contribution in [0.4, 0.5) is 13.2 Å². The number of carbonyl (C=O) groups excluding carboxylic acids is 1. The summed E-state index contributed by atoms with van der Waals surface area (Å²) >= 11 is 0. The number of alkyl halides is 3. The standard InChI is InChI=1S/C13H22F3NO/c1-3-4-5-8-12(11(18)13(14,15)16)9-6-7-10-17(12)2/h3-10H2,1-2H3. The number of hydrogen-bond acceptors (Lipinski definition) is 2. The number of halogens is 3. The van der Waals surface area contributed by atoms with Crippen molar-refractivity contribution in [3.05, 3.63) is 0 Å². The first-order valence-electron chi connectivity index (χ1n) is 6.67. The van der Waals surface area contributed by atoms with Crippen molar-refractivity contribution >= 4 is 5.78 Å². The summed E-state index contributed by atoms with van der Waals surface area (Å²) in [5, 5.41) is 0. The molecule has 1 rings (SSSR count). The van der Waals surface area contributed by atoms with Gasteiger partial charge in [0.2, 0.25) is 0 Å². The minimum absolute atomic E-state index is 0.329. The van der Waals surface area contributed by atoms with Crippen molar-refractivity contribution in [3.8, 4) is 0 Å². The van der Waals surface area contributed by atoms with Crippen molar-refractivity contribution in [1.82, 2.24) is 4.90 Å². The van der Waals surface area contributed by atoms with Crippen molar-refractivity contribution in [2.45, 2.75) is 63.6 Å². The summed E-state index contributed by atoms with van der Waals surface area (Å²) in [5.41, 5.74) is -1.30. The summed E-state index contributed by atoms with van der Waals surface area (Å²) in [7, 11) is 1.65. The molecule has 18 heavy (non-hydrogen) atoms. The van der Waals surface area contributed by atoms with Crippen molar-refractivity contribution in [1.29, 1.82) is 0 Å². The number of nitrogens with zero attached hydrogens (tertiary/aromatic N) is 1. The van der Waals surface area contributed by atoms with Gasteiger partial charge < -0.3 is 0 Å². The number of unbranched alkanes of at least 4 members (excludes halogenated alkanes) is 2. The SMILES string of the molecule is CCCCCC1(C(=O)C(F)(F)F)CCCCN1C. The molecule has 1 aliphatic heterocycles. The average molecular weight is 265 g/mol. The third-order valence-corrected chi connectivity index (χ3v) is 3.94. The molecular weight excluding hydrogens is 243 g/mol. The average Bonchev–Trinajstić information content (AvgIpc) is 2.30. The third kappa shape index (κ3) is 3.25. The molecule has 0 amide bonds. The van der Waals surface area contributed by atoms with Gasteiger partial charge in [-0.25, -0.2) is 0 Å². The largest absolute Gasteiger partial charge is 0.451 e. The van der Waals surface area contributed by atoms with Gasteiger partial charge in [-0.2, -0.15) is 13.2 Å². The Bertz CT molecular complexity index is 290. The fraction of sp³-hybridized carbons (Fsp3) is 0.923. The quantitative estimate of drug-likeness (QED) is 0.708. The molecule has 106 valence electrons. The highest BCUT2D eigenvalue weighted by molar-refractivity contribution is 5.93. The van der Waals surface area contributed by atoms with Crippen LogP contribution in [-0.4, -0.2) is 36.0 Å². The number of likely N-dealkylation sites (N-methyl/N-ethyl adjacent to an activating group) is 1. The molecule has 1 aliphatic rings. The maximum absolute atomic E-state index is 12.8. The zero-order valence-electron chi connectivity index (χ0n) is 11.1.